The fourth-order valence-corrected chi connectivity index (χ4v) is 2.50. The van der Waals surface area contributed by atoms with Gasteiger partial charge in [-0.25, -0.2) is 8.42 Å². The average Bonchev–Trinajstić information content (AvgIpc) is 2.24. The van der Waals surface area contributed by atoms with Gasteiger partial charge in [0.05, 0.1) is 18.1 Å². The Morgan fingerprint density at radius 1 is 1.35 bits per heavy atom. The van der Waals surface area contributed by atoms with E-state index in [0.717, 1.165) is 0 Å². The molecule has 0 aromatic rings. The molecule has 7 heteroatoms. The largest absolute Gasteiger partial charge is 0.395 e. The second-order valence-corrected chi connectivity index (χ2v) is 5.98. The molecule has 100 valence electrons. The minimum Gasteiger partial charge on any atom is -0.395 e. The van der Waals surface area contributed by atoms with Gasteiger partial charge in [0.25, 0.3) is 0 Å². The predicted molar refractivity (Wildman–Crippen MR) is 66.2 cm³/mol. The van der Waals surface area contributed by atoms with Crippen LogP contribution in [0.3, 0.4) is 0 Å². The molecule has 0 aliphatic rings. The molecule has 0 aromatic carbocycles. The molecule has 0 aliphatic heterocycles. The van der Waals surface area contributed by atoms with Gasteiger partial charge in [0.1, 0.15) is 0 Å². The highest BCUT2D eigenvalue weighted by atomic mass is 32.2. The summed E-state index contributed by atoms with van der Waals surface area (Å²) >= 11 is 0. The number of aliphatic hydroxyl groups is 1. The molecule has 0 aliphatic carbocycles. The van der Waals surface area contributed by atoms with Gasteiger partial charge in [-0.3, -0.25) is 9.69 Å². The van der Waals surface area contributed by atoms with Crippen LogP contribution in [0.5, 0.6) is 0 Å². The second-order valence-electron chi connectivity index (χ2n) is 3.68. The molecular weight excluding hydrogens is 244 g/mol. The highest BCUT2D eigenvalue weighted by Gasteiger charge is 2.14. The third kappa shape index (κ3) is 8.84. The van der Waals surface area contributed by atoms with Crippen LogP contribution in [0.4, 0.5) is 0 Å². The summed E-state index contributed by atoms with van der Waals surface area (Å²) in [5.41, 5.74) is 4.89. The van der Waals surface area contributed by atoms with E-state index in [1.165, 1.54) is 0 Å². The van der Waals surface area contributed by atoms with E-state index in [2.05, 4.69) is 6.58 Å². The van der Waals surface area contributed by atoms with E-state index in [4.69, 9.17) is 10.8 Å². The van der Waals surface area contributed by atoms with Crippen molar-refractivity contribution in [2.75, 3.05) is 37.7 Å². The van der Waals surface area contributed by atoms with Crippen LogP contribution >= 0.6 is 0 Å². The zero-order valence-electron chi connectivity index (χ0n) is 9.84. The van der Waals surface area contributed by atoms with Gasteiger partial charge in [0.15, 0.2) is 9.84 Å². The first kappa shape index (κ1) is 16.1. The van der Waals surface area contributed by atoms with Crippen LogP contribution in [0, 0.1) is 0 Å². The van der Waals surface area contributed by atoms with Gasteiger partial charge < -0.3 is 10.8 Å². The van der Waals surface area contributed by atoms with E-state index in [0.29, 0.717) is 19.6 Å². The Bertz CT molecular complexity index is 340. The van der Waals surface area contributed by atoms with Gasteiger partial charge >= 0.3 is 0 Å². The van der Waals surface area contributed by atoms with Gasteiger partial charge in [-0.1, -0.05) is 6.08 Å². The molecule has 0 atom stereocenters. The summed E-state index contributed by atoms with van der Waals surface area (Å²) in [5, 5.41) is 8.78. The first-order chi connectivity index (χ1) is 7.91. The van der Waals surface area contributed by atoms with Crippen molar-refractivity contribution in [2.24, 2.45) is 5.73 Å². The van der Waals surface area contributed by atoms with Gasteiger partial charge in [0, 0.05) is 26.1 Å². The molecule has 0 aromatic heterocycles. The van der Waals surface area contributed by atoms with Crippen molar-refractivity contribution >= 4 is 15.7 Å². The molecule has 17 heavy (non-hydrogen) atoms. The molecule has 0 unspecified atom stereocenters. The number of aliphatic hydroxyl groups excluding tert-OH is 1. The first-order valence-electron chi connectivity index (χ1n) is 5.34. The molecule has 3 N–H and O–H groups in total. The molecule has 0 saturated carbocycles. The first-order valence-corrected chi connectivity index (χ1v) is 7.16. The molecule has 0 rings (SSSR count). The molecule has 1 amide bonds. The van der Waals surface area contributed by atoms with Crippen LogP contribution in [-0.2, 0) is 14.6 Å². The number of carbonyl (C=O) groups excluding carboxylic acids is 1. The van der Waals surface area contributed by atoms with Crippen molar-refractivity contribution in [3.05, 3.63) is 12.7 Å². The number of rotatable bonds is 10. The Balaban J connectivity index is 4.12. The molecule has 0 fully saturated rings. The van der Waals surface area contributed by atoms with Crippen LogP contribution < -0.4 is 5.73 Å². The number of amides is 1. The topological polar surface area (TPSA) is 101 Å². The fraction of sp³-hybridized carbons (Fsp3) is 0.700. The summed E-state index contributed by atoms with van der Waals surface area (Å²) in [5.74, 6) is -0.885. The maximum Gasteiger partial charge on any atom is 0.218 e. The standard InChI is InChI=1S/C10H20N2O4S/c1-2-4-12(5-7-13)6-9-17(15,16)8-3-10(11)14/h2,13H,1,3-9H2,(H2,11,14). The highest BCUT2D eigenvalue weighted by molar-refractivity contribution is 7.91. The molecule has 0 heterocycles. The van der Waals surface area contributed by atoms with Gasteiger partial charge in [-0.15, -0.1) is 6.58 Å². The summed E-state index contributed by atoms with van der Waals surface area (Å²) in [6.45, 7) is 4.75. The van der Waals surface area contributed by atoms with Crippen molar-refractivity contribution < 1.29 is 18.3 Å². The third-order valence-corrected chi connectivity index (χ3v) is 3.81. The van der Waals surface area contributed by atoms with Crippen LogP contribution in [-0.4, -0.2) is 62.1 Å². The maximum atomic E-state index is 11.5. The summed E-state index contributed by atoms with van der Waals surface area (Å²) < 4.78 is 23.1. The monoisotopic (exact) mass is 264 g/mol. The van der Waals surface area contributed by atoms with Crippen LogP contribution in [0.2, 0.25) is 0 Å². The van der Waals surface area contributed by atoms with Crippen LogP contribution in [0.15, 0.2) is 12.7 Å². The predicted octanol–water partition coefficient (Wildman–Crippen LogP) is -1.24. The number of primary amides is 1. The zero-order chi connectivity index (χ0) is 13.3. The van der Waals surface area contributed by atoms with Gasteiger partial charge in [-0.05, 0) is 0 Å². The lowest BCUT2D eigenvalue weighted by Gasteiger charge is -2.18. The number of nitrogens with zero attached hydrogens (tertiary/aromatic N) is 1. The molecule has 0 saturated heterocycles. The SMILES string of the molecule is C=CCN(CCO)CCS(=O)(=O)CCC(N)=O. The van der Waals surface area contributed by atoms with Crippen LogP contribution in [0.1, 0.15) is 6.42 Å². The van der Waals surface area contributed by atoms with Crippen molar-refractivity contribution in [1.82, 2.24) is 4.90 Å². The van der Waals surface area contributed by atoms with E-state index < -0.39 is 15.7 Å². The fourth-order valence-electron chi connectivity index (χ4n) is 1.24. The zero-order valence-corrected chi connectivity index (χ0v) is 10.7. The Morgan fingerprint density at radius 2 is 2.00 bits per heavy atom. The Hall–Kier alpha value is -0.920. The smallest absolute Gasteiger partial charge is 0.218 e. The average molecular weight is 264 g/mol. The summed E-state index contributed by atoms with van der Waals surface area (Å²) in [4.78, 5) is 12.3. The summed E-state index contributed by atoms with van der Waals surface area (Å²) in [6, 6.07) is 0. The van der Waals surface area contributed by atoms with E-state index >= 15 is 0 Å². The number of sulfone groups is 1. The van der Waals surface area contributed by atoms with E-state index in [-0.39, 0.29) is 24.5 Å². The van der Waals surface area contributed by atoms with E-state index in [1.54, 1.807) is 11.0 Å². The van der Waals surface area contributed by atoms with Gasteiger partial charge in [0.2, 0.25) is 5.91 Å². The minimum absolute atomic E-state index is 0.0326. The second kappa shape index (κ2) is 8.21. The van der Waals surface area contributed by atoms with Crippen molar-refractivity contribution in [1.29, 1.82) is 0 Å². The van der Waals surface area contributed by atoms with Crippen LogP contribution in [0.25, 0.3) is 0 Å². The summed E-state index contributed by atoms with van der Waals surface area (Å²) in [6.07, 6.45) is 1.50. The lowest BCUT2D eigenvalue weighted by atomic mass is 10.4. The van der Waals surface area contributed by atoms with E-state index in [9.17, 15) is 13.2 Å². The molecule has 0 spiro atoms. The lowest BCUT2D eigenvalue weighted by molar-refractivity contribution is -0.117. The number of carbonyl (C=O) groups is 1. The third-order valence-electron chi connectivity index (χ3n) is 2.18. The lowest BCUT2D eigenvalue weighted by Crippen LogP contribution is -2.33. The maximum absolute atomic E-state index is 11.5. The summed E-state index contributed by atoms with van der Waals surface area (Å²) in [7, 11) is -3.27. The molecule has 0 bridgehead atoms. The Kier molecular flexibility index (Phi) is 7.77. The van der Waals surface area contributed by atoms with Crippen molar-refractivity contribution in [3.63, 3.8) is 0 Å². The van der Waals surface area contributed by atoms with Crippen molar-refractivity contribution in [3.8, 4) is 0 Å². The number of hydrogen-bond acceptors (Lipinski definition) is 5. The Morgan fingerprint density at radius 3 is 2.47 bits per heavy atom. The highest BCUT2D eigenvalue weighted by Crippen LogP contribution is 1.97. The number of hydrogen-bond donors (Lipinski definition) is 2. The van der Waals surface area contributed by atoms with Crippen molar-refractivity contribution in [2.45, 2.75) is 6.42 Å². The Labute approximate surface area is 102 Å². The molecule has 0 radical (unpaired) electrons. The quantitative estimate of drug-likeness (QED) is 0.481. The minimum atomic E-state index is -3.27. The molecule has 6 nitrogen and oxygen atoms in total. The molecular formula is C10H20N2O4S. The van der Waals surface area contributed by atoms with E-state index in [1.807, 2.05) is 0 Å². The normalized spacial score (nSPS) is 11.6. The van der Waals surface area contributed by atoms with Gasteiger partial charge in [-0.2, -0.15) is 0 Å². The number of nitrogens with two attached hydrogens (primary N) is 1.